The van der Waals surface area contributed by atoms with Gasteiger partial charge in [0, 0.05) is 24.2 Å². The molecule has 0 bridgehead atoms. The molecule has 5 heteroatoms. The molecular formula is C20H21ClN2O2. The molecule has 25 heavy (non-hydrogen) atoms. The van der Waals surface area contributed by atoms with Gasteiger partial charge in [0.15, 0.2) is 0 Å². The molecule has 0 fully saturated rings. The van der Waals surface area contributed by atoms with Gasteiger partial charge in [-0.2, -0.15) is 0 Å². The summed E-state index contributed by atoms with van der Waals surface area (Å²) in [5.41, 5.74) is 1.90. The van der Waals surface area contributed by atoms with Crippen LogP contribution in [0.5, 0.6) is 0 Å². The molecule has 0 spiro atoms. The van der Waals surface area contributed by atoms with E-state index in [9.17, 15) is 9.59 Å². The lowest BCUT2D eigenvalue weighted by atomic mass is 10.2. The first-order chi connectivity index (χ1) is 12.1. The average molecular weight is 357 g/mol. The third kappa shape index (κ3) is 6.43. The summed E-state index contributed by atoms with van der Waals surface area (Å²) in [5, 5.41) is 3.47. The van der Waals surface area contributed by atoms with Crippen LogP contribution in [0.2, 0.25) is 5.02 Å². The van der Waals surface area contributed by atoms with Gasteiger partial charge >= 0.3 is 0 Å². The predicted octanol–water partition coefficient (Wildman–Crippen LogP) is 3.52. The number of amides is 2. The molecule has 0 aliphatic rings. The maximum absolute atomic E-state index is 12.2. The van der Waals surface area contributed by atoms with Crippen molar-refractivity contribution in [1.29, 1.82) is 0 Å². The Morgan fingerprint density at radius 1 is 1.08 bits per heavy atom. The largest absolute Gasteiger partial charge is 0.350 e. The summed E-state index contributed by atoms with van der Waals surface area (Å²) in [4.78, 5) is 25.8. The Labute approximate surface area is 153 Å². The highest BCUT2D eigenvalue weighted by atomic mass is 35.5. The van der Waals surface area contributed by atoms with E-state index in [1.807, 2.05) is 49.4 Å². The average Bonchev–Trinajstić information content (AvgIpc) is 2.64. The van der Waals surface area contributed by atoms with Crippen molar-refractivity contribution in [2.75, 3.05) is 13.1 Å². The van der Waals surface area contributed by atoms with Crippen molar-refractivity contribution >= 4 is 29.5 Å². The van der Waals surface area contributed by atoms with Crippen LogP contribution in [0.15, 0.2) is 60.7 Å². The van der Waals surface area contributed by atoms with Crippen LogP contribution >= 0.6 is 11.6 Å². The maximum Gasteiger partial charge on any atom is 0.247 e. The van der Waals surface area contributed by atoms with Gasteiger partial charge < -0.3 is 10.2 Å². The van der Waals surface area contributed by atoms with Gasteiger partial charge in [0.1, 0.15) is 0 Å². The van der Waals surface area contributed by atoms with Crippen LogP contribution < -0.4 is 5.32 Å². The number of likely N-dealkylation sites (N-methyl/N-ethyl adjacent to an activating group) is 1. The molecule has 4 nitrogen and oxygen atoms in total. The Bertz CT molecular complexity index is 727. The molecular weight excluding hydrogens is 336 g/mol. The van der Waals surface area contributed by atoms with Gasteiger partial charge in [-0.05, 0) is 36.3 Å². The molecule has 1 N–H and O–H groups in total. The van der Waals surface area contributed by atoms with E-state index in [1.165, 1.54) is 11.0 Å². The van der Waals surface area contributed by atoms with E-state index in [4.69, 9.17) is 11.6 Å². The number of hydrogen-bond acceptors (Lipinski definition) is 2. The second kappa shape index (κ2) is 9.64. The summed E-state index contributed by atoms with van der Waals surface area (Å²) in [7, 11) is 0. The second-order valence-corrected chi connectivity index (χ2v) is 5.94. The van der Waals surface area contributed by atoms with Crippen molar-refractivity contribution in [3.8, 4) is 0 Å². The monoisotopic (exact) mass is 356 g/mol. The molecule has 0 saturated heterocycles. The minimum atomic E-state index is -0.196. The zero-order valence-electron chi connectivity index (χ0n) is 14.1. The SMILES string of the molecule is CCN(CC(=O)NCc1ccc(Cl)cc1)C(=O)C=Cc1ccccc1. The van der Waals surface area contributed by atoms with E-state index in [2.05, 4.69) is 5.32 Å². The first kappa shape index (κ1) is 18.7. The standard InChI is InChI=1S/C20H21ClN2O2/c1-2-23(20(25)13-10-16-6-4-3-5-7-16)15-19(24)22-14-17-8-11-18(21)12-9-17/h3-13H,2,14-15H2,1H3,(H,22,24). The van der Waals surface area contributed by atoms with E-state index in [0.29, 0.717) is 18.1 Å². The highest BCUT2D eigenvalue weighted by molar-refractivity contribution is 6.30. The molecule has 0 unspecified atom stereocenters. The zero-order chi connectivity index (χ0) is 18.1. The lowest BCUT2D eigenvalue weighted by Gasteiger charge is -2.18. The summed E-state index contributed by atoms with van der Waals surface area (Å²) in [5.74, 6) is -0.383. The Kier molecular flexibility index (Phi) is 7.23. The molecule has 2 aromatic carbocycles. The first-order valence-electron chi connectivity index (χ1n) is 8.11. The molecule has 0 heterocycles. The van der Waals surface area contributed by atoms with Crippen LogP contribution in [-0.2, 0) is 16.1 Å². The normalized spacial score (nSPS) is 10.6. The Balaban J connectivity index is 1.85. The smallest absolute Gasteiger partial charge is 0.247 e. The number of carbonyl (C=O) groups excluding carboxylic acids is 2. The van der Waals surface area contributed by atoms with Crippen LogP contribution in [0.3, 0.4) is 0 Å². The van der Waals surface area contributed by atoms with E-state index >= 15 is 0 Å². The fourth-order valence-corrected chi connectivity index (χ4v) is 2.34. The van der Waals surface area contributed by atoms with E-state index < -0.39 is 0 Å². The number of carbonyl (C=O) groups is 2. The topological polar surface area (TPSA) is 49.4 Å². The van der Waals surface area contributed by atoms with Gasteiger partial charge in [0.05, 0.1) is 6.54 Å². The molecule has 0 aromatic heterocycles. The van der Waals surface area contributed by atoms with Crippen LogP contribution in [0.1, 0.15) is 18.1 Å². The summed E-state index contributed by atoms with van der Waals surface area (Å²) in [6.45, 7) is 2.75. The highest BCUT2D eigenvalue weighted by Gasteiger charge is 2.13. The fraction of sp³-hybridized carbons (Fsp3) is 0.200. The van der Waals surface area contributed by atoms with Crippen molar-refractivity contribution in [2.24, 2.45) is 0 Å². The highest BCUT2D eigenvalue weighted by Crippen LogP contribution is 2.09. The van der Waals surface area contributed by atoms with E-state index in [1.54, 1.807) is 18.2 Å². The summed E-state index contributed by atoms with van der Waals surface area (Å²) >= 11 is 5.83. The number of rotatable bonds is 7. The van der Waals surface area contributed by atoms with Crippen molar-refractivity contribution in [3.63, 3.8) is 0 Å². The molecule has 0 radical (unpaired) electrons. The van der Waals surface area contributed by atoms with Gasteiger partial charge in [0.25, 0.3) is 0 Å². The summed E-state index contributed by atoms with van der Waals surface area (Å²) < 4.78 is 0. The third-order valence-corrected chi connectivity index (χ3v) is 3.90. The van der Waals surface area contributed by atoms with Crippen LogP contribution in [-0.4, -0.2) is 29.8 Å². The van der Waals surface area contributed by atoms with Gasteiger partial charge in [0.2, 0.25) is 11.8 Å². The summed E-state index contributed by atoms with van der Waals surface area (Å²) in [6, 6.07) is 16.8. The molecule has 0 saturated carbocycles. The maximum atomic E-state index is 12.2. The number of hydrogen-bond donors (Lipinski definition) is 1. The van der Waals surface area contributed by atoms with E-state index in [-0.39, 0.29) is 18.4 Å². The Morgan fingerprint density at radius 2 is 1.76 bits per heavy atom. The van der Waals surface area contributed by atoms with Crippen LogP contribution in [0.25, 0.3) is 6.08 Å². The van der Waals surface area contributed by atoms with Gasteiger partial charge in [-0.25, -0.2) is 0 Å². The predicted molar refractivity (Wildman–Crippen MR) is 101 cm³/mol. The van der Waals surface area contributed by atoms with Gasteiger partial charge in [-0.1, -0.05) is 54.1 Å². The van der Waals surface area contributed by atoms with Crippen LogP contribution in [0.4, 0.5) is 0 Å². The van der Waals surface area contributed by atoms with Crippen molar-refractivity contribution in [2.45, 2.75) is 13.5 Å². The minimum absolute atomic E-state index is 0.0298. The lowest BCUT2D eigenvalue weighted by molar-refractivity contribution is -0.132. The number of benzene rings is 2. The first-order valence-corrected chi connectivity index (χ1v) is 8.49. The van der Waals surface area contributed by atoms with Gasteiger partial charge in [-0.3, -0.25) is 9.59 Å². The second-order valence-electron chi connectivity index (χ2n) is 5.50. The molecule has 2 amide bonds. The fourth-order valence-electron chi connectivity index (χ4n) is 2.21. The molecule has 2 aromatic rings. The zero-order valence-corrected chi connectivity index (χ0v) is 14.9. The van der Waals surface area contributed by atoms with Crippen molar-refractivity contribution < 1.29 is 9.59 Å². The van der Waals surface area contributed by atoms with Crippen LogP contribution in [0, 0.1) is 0 Å². The Hall–Kier alpha value is -2.59. The van der Waals surface area contributed by atoms with Crippen molar-refractivity contribution in [3.05, 3.63) is 76.8 Å². The number of nitrogens with one attached hydrogen (secondary N) is 1. The quantitative estimate of drug-likeness (QED) is 0.772. The molecule has 130 valence electrons. The molecule has 0 atom stereocenters. The molecule has 2 rings (SSSR count). The minimum Gasteiger partial charge on any atom is -0.350 e. The Morgan fingerprint density at radius 3 is 2.40 bits per heavy atom. The van der Waals surface area contributed by atoms with Crippen molar-refractivity contribution in [1.82, 2.24) is 10.2 Å². The molecule has 0 aliphatic heterocycles. The number of nitrogens with zero attached hydrogens (tertiary/aromatic N) is 1. The van der Waals surface area contributed by atoms with E-state index in [0.717, 1.165) is 11.1 Å². The summed E-state index contributed by atoms with van der Waals surface area (Å²) in [6.07, 6.45) is 3.24. The van der Waals surface area contributed by atoms with Gasteiger partial charge in [-0.15, -0.1) is 0 Å². The number of halogens is 1. The lowest BCUT2D eigenvalue weighted by Crippen LogP contribution is -2.39. The third-order valence-electron chi connectivity index (χ3n) is 3.65. The molecule has 0 aliphatic carbocycles.